The zero-order valence-electron chi connectivity index (χ0n) is 13.4. The van der Waals surface area contributed by atoms with E-state index in [1.54, 1.807) is 33.5 Å². The highest BCUT2D eigenvalue weighted by atomic mass is 127. The fraction of sp³-hybridized carbons (Fsp3) is 0.533. The Balaban J connectivity index is 3.16. The number of ether oxygens (including phenoxy) is 3. The summed E-state index contributed by atoms with van der Waals surface area (Å²) in [6.07, 6.45) is 0. The molecule has 1 atom stereocenters. The Morgan fingerprint density at radius 3 is 1.90 bits per heavy atom. The maximum Gasteiger partial charge on any atom is 0.203 e. The van der Waals surface area contributed by atoms with Gasteiger partial charge in [-0.2, -0.15) is 0 Å². The number of alkyl halides is 1. The first-order valence-corrected chi connectivity index (χ1v) is 7.76. The molecule has 118 valence electrons. The van der Waals surface area contributed by atoms with E-state index in [0.29, 0.717) is 22.8 Å². The van der Waals surface area contributed by atoms with Crippen molar-refractivity contribution in [3.05, 3.63) is 17.7 Å². The van der Waals surface area contributed by atoms with Gasteiger partial charge in [-0.1, -0.05) is 22.6 Å². The van der Waals surface area contributed by atoms with Crippen LogP contribution in [0.1, 0.15) is 10.4 Å². The fourth-order valence-corrected chi connectivity index (χ4v) is 3.51. The number of benzene rings is 1. The van der Waals surface area contributed by atoms with Crippen LogP contribution in [0.4, 0.5) is 0 Å². The minimum Gasteiger partial charge on any atom is -0.493 e. The summed E-state index contributed by atoms with van der Waals surface area (Å²) in [7, 11) is 10.8. The minimum absolute atomic E-state index is 0.0582. The van der Waals surface area contributed by atoms with Crippen molar-refractivity contribution in [3.8, 4) is 17.2 Å². The maximum atomic E-state index is 12.6. The van der Waals surface area contributed by atoms with E-state index in [1.807, 2.05) is 0 Å². The highest BCUT2D eigenvalue weighted by molar-refractivity contribution is 14.1. The number of hydrogen-bond donors (Lipinski definition) is 0. The second-order valence-electron chi connectivity index (χ2n) is 5.72. The van der Waals surface area contributed by atoms with Gasteiger partial charge < -0.3 is 18.7 Å². The molecule has 6 heteroatoms. The number of methoxy groups -OCH3 is 3. The molecule has 0 N–H and O–H groups in total. The molecule has 0 saturated heterocycles. The van der Waals surface area contributed by atoms with Gasteiger partial charge in [0.15, 0.2) is 17.3 Å². The van der Waals surface area contributed by atoms with Crippen LogP contribution in [-0.2, 0) is 0 Å². The molecule has 0 aliphatic carbocycles. The van der Waals surface area contributed by atoms with Crippen LogP contribution in [0.25, 0.3) is 0 Å². The van der Waals surface area contributed by atoms with Crippen LogP contribution < -0.4 is 14.2 Å². The molecule has 1 rings (SSSR count). The van der Waals surface area contributed by atoms with Gasteiger partial charge >= 0.3 is 0 Å². The van der Waals surface area contributed by atoms with Crippen molar-refractivity contribution in [1.29, 1.82) is 0 Å². The molecule has 1 aromatic rings. The molecule has 0 bridgehead atoms. The van der Waals surface area contributed by atoms with E-state index in [2.05, 4.69) is 43.7 Å². The van der Waals surface area contributed by atoms with Gasteiger partial charge in [0.05, 0.1) is 49.0 Å². The molecule has 1 unspecified atom stereocenters. The van der Waals surface area contributed by atoms with Gasteiger partial charge in [0, 0.05) is 5.56 Å². The third-order valence-electron chi connectivity index (χ3n) is 2.94. The quantitative estimate of drug-likeness (QED) is 0.301. The zero-order valence-corrected chi connectivity index (χ0v) is 15.6. The van der Waals surface area contributed by atoms with Crippen LogP contribution in [0.5, 0.6) is 17.2 Å². The second-order valence-corrected chi connectivity index (χ2v) is 7.22. The van der Waals surface area contributed by atoms with Gasteiger partial charge in [-0.3, -0.25) is 4.79 Å². The molecule has 0 saturated carbocycles. The molecule has 0 fully saturated rings. The molecular formula is C15H23INO4+. The third-order valence-corrected chi connectivity index (χ3v) is 3.90. The standard InChI is InChI=1S/C15H23INO4/c1-17(2,3)9-11(16)14(18)10-7-12(19-4)15(21-6)13(8-10)20-5/h7-8,11H,9H2,1-6H3/q+1. The number of rotatable bonds is 7. The lowest BCUT2D eigenvalue weighted by Crippen LogP contribution is -2.42. The van der Waals surface area contributed by atoms with Gasteiger partial charge in [0.2, 0.25) is 5.75 Å². The summed E-state index contributed by atoms with van der Waals surface area (Å²) in [6, 6.07) is 3.40. The molecule has 5 nitrogen and oxygen atoms in total. The van der Waals surface area contributed by atoms with Crippen LogP contribution in [0.3, 0.4) is 0 Å². The molecule has 0 heterocycles. The number of carbonyl (C=O) groups is 1. The number of ketones is 1. The minimum atomic E-state index is -0.120. The Morgan fingerprint density at radius 2 is 1.57 bits per heavy atom. The van der Waals surface area contributed by atoms with Crippen LogP contribution in [0, 0.1) is 0 Å². The monoisotopic (exact) mass is 408 g/mol. The van der Waals surface area contributed by atoms with Crippen molar-refractivity contribution in [3.63, 3.8) is 0 Å². The van der Waals surface area contributed by atoms with Crippen molar-refractivity contribution < 1.29 is 23.5 Å². The van der Waals surface area contributed by atoms with Gasteiger partial charge in [0.25, 0.3) is 0 Å². The van der Waals surface area contributed by atoms with E-state index in [0.717, 1.165) is 11.0 Å². The number of halogens is 1. The lowest BCUT2D eigenvalue weighted by Gasteiger charge is -2.26. The number of carbonyl (C=O) groups excluding carboxylic acids is 1. The Kier molecular flexibility index (Phi) is 6.27. The molecule has 21 heavy (non-hydrogen) atoms. The Hall–Kier alpha value is -1.02. The first-order chi connectivity index (χ1) is 9.73. The van der Waals surface area contributed by atoms with Gasteiger partial charge in [-0.15, -0.1) is 0 Å². The molecule has 0 aromatic heterocycles. The largest absolute Gasteiger partial charge is 0.493 e. The van der Waals surface area contributed by atoms with Gasteiger partial charge in [-0.05, 0) is 12.1 Å². The van der Waals surface area contributed by atoms with Crippen molar-refractivity contribution in [2.24, 2.45) is 0 Å². The Labute approximate surface area is 139 Å². The van der Waals surface area contributed by atoms with E-state index in [1.165, 1.54) is 0 Å². The predicted molar refractivity (Wildman–Crippen MR) is 91.1 cm³/mol. The number of Topliss-reactive ketones (excluding diaryl/α,β-unsaturated/α-hetero) is 1. The summed E-state index contributed by atoms with van der Waals surface area (Å²) >= 11 is 2.18. The third kappa shape index (κ3) is 4.74. The molecule has 0 radical (unpaired) electrons. The van der Waals surface area contributed by atoms with E-state index in [9.17, 15) is 4.79 Å². The SMILES string of the molecule is COc1cc(C(=O)C(I)C[N+](C)(C)C)cc(OC)c1OC. The summed E-state index contributed by atoms with van der Waals surface area (Å²) in [5, 5.41) is 0. The van der Waals surface area contributed by atoms with E-state index in [-0.39, 0.29) is 9.71 Å². The smallest absolute Gasteiger partial charge is 0.203 e. The summed E-state index contributed by atoms with van der Waals surface area (Å²) in [6.45, 7) is 0.746. The maximum absolute atomic E-state index is 12.6. The second kappa shape index (κ2) is 7.31. The summed E-state index contributed by atoms with van der Waals surface area (Å²) in [4.78, 5) is 12.6. The average Bonchev–Trinajstić information content (AvgIpc) is 2.42. The summed E-state index contributed by atoms with van der Waals surface area (Å²) < 4.78 is 16.4. The number of quaternary nitrogens is 1. The van der Waals surface area contributed by atoms with E-state index < -0.39 is 0 Å². The highest BCUT2D eigenvalue weighted by Crippen LogP contribution is 2.38. The lowest BCUT2D eigenvalue weighted by atomic mass is 10.1. The normalized spacial score (nSPS) is 12.7. The Bertz CT molecular complexity index is 486. The number of nitrogens with zero attached hydrogens (tertiary/aromatic N) is 1. The predicted octanol–water partition coefficient (Wildman–Crippen LogP) is 2.40. The van der Waals surface area contributed by atoms with Crippen LogP contribution in [0.2, 0.25) is 0 Å². The fourth-order valence-electron chi connectivity index (χ4n) is 1.97. The van der Waals surface area contributed by atoms with Crippen molar-refractivity contribution in [1.82, 2.24) is 0 Å². The number of hydrogen-bond acceptors (Lipinski definition) is 4. The molecule has 0 aliphatic rings. The van der Waals surface area contributed by atoms with Crippen LogP contribution in [0.15, 0.2) is 12.1 Å². The molecular weight excluding hydrogens is 385 g/mol. The van der Waals surface area contributed by atoms with E-state index in [4.69, 9.17) is 14.2 Å². The molecule has 0 spiro atoms. The first-order valence-electron chi connectivity index (χ1n) is 6.52. The Morgan fingerprint density at radius 1 is 1.10 bits per heavy atom. The van der Waals surface area contributed by atoms with Crippen LogP contribution in [-0.4, -0.2) is 63.2 Å². The van der Waals surface area contributed by atoms with Gasteiger partial charge in [-0.25, -0.2) is 0 Å². The lowest BCUT2D eigenvalue weighted by molar-refractivity contribution is -0.868. The average molecular weight is 408 g/mol. The zero-order chi connectivity index (χ0) is 16.2. The van der Waals surface area contributed by atoms with Crippen LogP contribution >= 0.6 is 22.6 Å². The summed E-state index contributed by atoms with van der Waals surface area (Å²) in [5.74, 6) is 1.54. The first kappa shape index (κ1) is 18.0. The van der Waals surface area contributed by atoms with Crippen molar-refractivity contribution >= 4 is 28.4 Å². The van der Waals surface area contributed by atoms with Crippen molar-refractivity contribution in [2.45, 2.75) is 3.92 Å². The molecule has 0 aliphatic heterocycles. The summed E-state index contributed by atoms with van der Waals surface area (Å²) in [5.41, 5.74) is 0.567. The highest BCUT2D eigenvalue weighted by Gasteiger charge is 2.26. The van der Waals surface area contributed by atoms with Crippen molar-refractivity contribution in [2.75, 3.05) is 49.0 Å². The molecule has 0 amide bonds. The topological polar surface area (TPSA) is 44.8 Å². The van der Waals surface area contributed by atoms with Gasteiger partial charge in [0.1, 0.15) is 3.92 Å². The van der Waals surface area contributed by atoms with E-state index >= 15 is 0 Å². The molecule has 1 aromatic carbocycles.